The molecule has 2 heterocycles. The van der Waals surface area contributed by atoms with Gasteiger partial charge in [0.15, 0.2) is 5.43 Å². The van der Waals surface area contributed by atoms with Crippen molar-refractivity contribution in [2.24, 2.45) is 0 Å². The summed E-state index contributed by atoms with van der Waals surface area (Å²) < 4.78 is 2.10. The third kappa shape index (κ3) is 2.95. The second-order valence-electron chi connectivity index (χ2n) is 4.69. The Balaban J connectivity index is 1.86. The van der Waals surface area contributed by atoms with Crippen molar-refractivity contribution < 1.29 is 0 Å². The van der Waals surface area contributed by atoms with Gasteiger partial charge in [0.25, 0.3) is 0 Å². The lowest BCUT2D eigenvalue weighted by atomic mass is 10.0. The van der Waals surface area contributed by atoms with Gasteiger partial charge in [-0.2, -0.15) is 0 Å². The summed E-state index contributed by atoms with van der Waals surface area (Å²) in [5.41, 5.74) is 0.0889. The SMILES string of the molecule is CN1CCCCC1CCn1ccc(=O)cc1. The maximum Gasteiger partial charge on any atom is 0.181 e. The summed E-state index contributed by atoms with van der Waals surface area (Å²) in [4.78, 5) is 13.4. The third-order valence-corrected chi connectivity index (χ3v) is 3.50. The van der Waals surface area contributed by atoms with Gasteiger partial charge in [-0.15, -0.1) is 0 Å². The van der Waals surface area contributed by atoms with Gasteiger partial charge in [-0.25, -0.2) is 0 Å². The molecule has 3 heteroatoms. The Morgan fingerprint density at radius 3 is 2.75 bits per heavy atom. The van der Waals surface area contributed by atoms with Crippen LogP contribution in [0.1, 0.15) is 25.7 Å². The first-order valence-corrected chi connectivity index (χ1v) is 6.12. The first-order chi connectivity index (χ1) is 7.75. The molecular formula is C13H20N2O. The van der Waals surface area contributed by atoms with Gasteiger partial charge < -0.3 is 9.47 Å². The zero-order valence-electron chi connectivity index (χ0n) is 9.93. The molecule has 88 valence electrons. The highest BCUT2D eigenvalue weighted by Gasteiger charge is 2.17. The molecule has 0 N–H and O–H groups in total. The van der Waals surface area contributed by atoms with Gasteiger partial charge in [-0.1, -0.05) is 6.42 Å². The summed E-state index contributed by atoms with van der Waals surface area (Å²) >= 11 is 0. The van der Waals surface area contributed by atoms with Gasteiger partial charge in [0.2, 0.25) is 0 Å². The molecule has 16 heavy (non-hydrogen) atoms. The van der Waals surface area contributed by atoms with Crippen molar-refractivity contribution in [2.75, 3.05) is 13.6 Å². The molecule has 1 aromatic heterocycles. The normalized spacial score (nSPS) is 22.2. The van der Waals surface area contributed by atoms with Crippen molar-refractivity contribution in [1.82, 2.24) is 9.47 Å². The van der Waals surface area contributed by atoms with E-state index in [1.54, 1.807) is 12.1 Å². The van der Waals surface area contributed by atoms with Gasteiger partial charge in [0.05, 0.1) is 0 Å². The highest BCUT2D eigenvalue weighted by molar-refractivity contribution is 4.93. The summed E-state index contributed by atoms with van der Waals surface area (Å²) in [6.07, 6.45) is 8.95. The number of rotatable bonds is 3. The van der Waals surface area contributed by atoms with Crippen LogP contribution in [0.4, 0.5) is 0 Å². The average Bonchev–Trinajstić information content (AvgIpc) is 2.30. The smallest absolute Gasteiger partial charge is 0.181 e. The third-order valence-electron chi connectivity index (χ3n) is 3.50. The van der Waals surface area contributed by atoms with Gasteiger partial charge in [0.1, 0.15) is 0 Å². The molecule has 0 bridgehead atoms. The van der Waals surface area contributed by atoms with Crippen LogP contribution in [0.5, 0.6) is 0 Å². The minimum Gasteiger partial charge on any atom is -0.354 e. The molecule has 0 saturated carbocycles. The number of hydrogen-bond donors (Lipinski definition) is 0. The average molecular weight is 220 g/mol. The van der Waals surface area contributed by atoms with Crippen LogP contribution in [-0.2, 0) is 6.54 Å². The molecule has 1 aliphatic rings. The largest absolute Gasteiger partial charge is 0.354 e. The molecular weight excluding hydrogens is 200 g/mol. The zero-order valence-corrected chi connectivity index (χ0v) is 9.93. The summed E-state index contributed by atoms with van der Waals surface area (Å²) in [7, 11) is 2.22. The Morgan fingerprint density at radius 1 is 1.31 bits per heavy atom. The van der Waals surface area contributed by atoms with Crippen LogP contribution in [-0.4, -0.2) is 29.1 Å². The number of hydrogen-bond acceptors (Lipinski definition) is 2. The Hall–Kier alpha value is -1.09. The van der Waals surface area contributed by atoms with Crippen LogP contribution < -0.4 is 5.43 Å². The van der Waals surface area contributed by atoms with Crippen molar-refractivity contribution in [1.29, 1.82) is 0 Å². The molecule has 1 atom stereocenters. The molecule has 0 radical (unpaired) electrons. The number of aryl methyl sites for hydroxylation is 1. The maximum absolute atomic E-state index is 11.0. The van der Waals surface area contributed by atoms with Crippen molar-refractivity contribution in [3.05, 3.63) is 34.7 Å². The van der Waals surface area contributed by atoms with Crippen molar-refractivity contribution in [2.45, 2.75) is 38.3 Å². The van der Waals surface area contributed by atoms with Crippen LogP contribution in [0.25, 0.3) is 0 Å². The van der Waals surface area contributed by atoms with E-state index in [0.29, 0.717) is 6.04 Å². The number of pyridine rings is 1. The van der Waals surface area contributed by atoms with Gasteiger partial charge in [-0.3, -0.25) is 4.79 Å². The molecule has 0 spiro atoms. The number of nitrogens with zero attached hydrogens (tertiary/aromatic N) is 2. The molecule has 1 saturated heterocycles. The first-order valence-electron chi connectivity index (χ1n) is 6.12. The van der Waals surface area contributed by atoms with Crippen LogP contribution in [0.3, 0.4) is 0 Å². The molecule has 0 amide bonds. The van der Waals surface area contributed by atoms with E-state index in [1.165, 1.54) is 32.2 Å². The molecule has 2 rings (SSSR count). The lowest BCUT2D eigenvalue weighted by molar-refractivity contribution is 0.171. The lowest BCUT2D eigenvalue weighted by Gasteiger charge is -2.32. The molecule has 0 aliphatic carbocycles. The Labute approximate surface area is 96.7 Å². The Bertz CT molecular complexity index is 365. The Morgan fingerprint density at radius 2 is 2.06 bits per heavy atom. The predicted octanol–water partition coefficient (Wildman–Crippen LogP) is 1.72. The quantitative estimate of drug-likeness (QED) is 0.775. The van der Waals surface area contributed by atoms with Crippen molar-refractivity contribution >= 4 is 0 Å². The van der Waals surface area contributed by atoms with E-state index in [9.17, 15) is 4.79 Å². The van der Waals surface area contributed by atoms with Gasteiger partial charge in [-0.05, 0) is 32.9 Å². The standard InChI is InChI=1S/C13H20N2O/c1-14-8-3-2-4-12(14)5-9-15-10-6-13(16)7-11-15/h6-7,10-12H,2-5,8-9H2,1H3. The summed E-state index contributed by atoms with van der Waals surface area (Å²) in [6.45, 7) is 2.24. The van der Waals surface area contributed by atoms with E-state index >= 15 is 0 Å². The monoisotopic (exact) mass is 220 g/mol. The topological polar surface area (TPSA) is 25.2 Å². The van der Waals surface area contributed by atoms with Crippen molar-refractivity contribution in [3.63, 3.8) is 0 Å². The van der Waals surface area contributed by atoms with Gasteiger partial charge >= 0.3 is 0 Å². The maximum atomic E-state index is 11.0. The van der Waals surface area contributed by atoms with Crippen LogP contribution in [0, 0.1) is 0 Å². The highest BCUT2D eigenvalue weighted by Crippen LogP contribution is 2.18. The number of aromatic nitrogens is 1. The molecule has 1 fully saturated rings. The van der Waals surface area contributed by atoms with Crippen molar-refractivity contribution in [3.8, 4) is 0 Å². The molecule has 1 unspecified atom stereocenters. The van der Waals surface area contributed by atoms with E-state index in [0.717, 1.165) is 6.54 Å². The minimum atomic E-state index is 0.0889. The highest BCUT2D eigenvalue weighted by atomic mass is 16.1. The summed E-state index contributed by atoms with van der Waals surface area (Å²) in [6, 6.07) is 3.98. The number of piperidine rings is 1. The minimum absolute atomic E-state index is 0.0889. The van der Waals surface area contributed by atoms with E-state index in [2.05, 4.69) is 16.5 Å². The van der Waals surface area contributed by atoms with Crippen LogP contribution in [0.2, 0.25) is 0 Å². The molecule has 3 nitrogen and oxygen atoms in total. The fourth-order valence-electron chi connectivity index (χ4n) is 2.40. The first kappa shape index (κ1) is 11.4. The Kier molecular flexibility index (Phi) is 3.78. The zero-order chi connectivity index (χ0) is 11.4. The fraction of sp³-hybridized carbons (Fsp3) is 0.615. The summed E-state index contributed by atoms with van der Waals surface area (Å²) in [5, 5.41) is 0. The second-order valence-corrected chi connectivity index (χ2v) is 4.69. The van der Waals surface area contributed by atoms with Gasteiger partial charge in [0, 0.05) is 37.1 Å². The van der Waals surface area contributed by atoms with E-state index in [4.69, 9.17) is 0 Å². The van der Waals surface area contributed by atoms with Crippen LogP contribution in [0.15, 0.2) is 29.3 Å². The fourth-order valence-corrected chi connectivity index (χ4v) is 2.40. The second kappa shape index (κ2) is 5.30. The molecule has 0 aromatic carbocycles. The molecule has 1 aliphatic heterocycles. The van der Waals surface area contributed by atoms with Crippen LogP contribution >= 0.6 is 0 Å². The molecule has 1 aromatic rings. The van der Waals surface area contributed by atoms with E-state index < -0.39 is 0 Å². The predicted molar refractivity (Wildman–Crippen MR) is 65.6 cm³/mol. The van der Waals surface area contributed by atoms with E-state index in [1.807, 2.05) is 12.4 Å². The number of likely N-dealkylation sites (tertiary alicyclic amines) is 1. The lowest BCUT2D eigenvalue weighted by Crippen LogP contribution is -2.36. The van der Waals surface area contributed by atoms with E-state index in [-0.39, 0.29) is 5.43 Å². The summed E-state index contributed by atoms with van der Waals surface area (Å²) in [5.74, 6) is 0.